The van der Waals surface area contributed by atoms with Crippen molar-refractivity contribution in [3.05, 3.63) is 83.2 Å². The average molecular weight is 430 g/mol. The number of nitrogens with zero attached hydrogens (tertiary/aromatic N) is 3. The Morgan fingerprint density at radius 2 is 1.75 bits per heavy atom. The molecule has 2 aromatic rings. The average Bonchev–Trinajstić information content (AvgIpc) is 3.36. The van der Waals surface area contributed by atoms with E-state index in [1.54, 1.807) is 11.9 Å². The van der Waals surface area contributed by atoms with Gasteiger partial charge < -0.3 is 9.64 Å². The first-order valence-corrected chi connectivity index (χ1v) is 11.2. The second-order valence-corrected chi connectivity index (χ2v) is 9.23. The van der Waals surface area contributed by atoms with Gasteiger partial charge in [0.25, 0.3) is 0 Å². The van der Waals surface area contributed by atoms with Gasteiger partial charge in [0.15, 0.2) is 0 Å². The van der Waals surface area contributed by atoms with Crippen LogP contribution in [0.3, 0.4) is 0 Å². The minimum absolute atomic E-state index is 0.354. The van der Waals surface area contributed by atoms with Gasteiger partial charge in [-0.05, 0) is 74.9 Å². The highest BCUT2D eigenvalue weighted by Gasteiger charge is 2.30. The summed E-state index contributed by atoms with van der Waals surface area (Å²) in [6, 6.07) is 18.4. The molecule has 32 heavy (non-hydrogen) atoms. The van der Waals surface area contributed by atoms with Crippen molar-refractivity contribution in [2.45, 2.75) is 45.6 Å². The van der Waals surface area contributed by atoms with E-state index in [9.17, 15) is 4.79 Å². The summed E-state index contributed by atoms with van der Waals surface area (Å²) < 4.78 is 5.67. The van der Waals surface area contributed by atoms with Gasteiger partial charge >= 0.3 is 6.09 Å². The number of carbonyl (C=O) groups excluding carboxylic acids is 1. The van der Waals surface area contributed by atoms with Crippen LogP contribution in [0.2, 0.25) is 0 Å². The van der Waals surface area contributed by atoms with Crippen molar-refractivity contribution in [2.24, 2.45) is 4.99 Å². The molecule has 0 spiro atoms. The van der Waals surface area contributed by atoms with Gasteiger partial charge in [0.2, 0.25) is 0 Å². The number of likely N-dealkylation sites (N-methyl/N-ethyl adjacent to an activating group) is 1. The Morgan fingerprint density at radius 1 is 1.03 bits per heavy atom. The Kier molecular flexibility index (Phi) is 6.17. The first-order chi connectivity index (χ1) is 15.3. The van der Waals surface area contributed by atoms with Crippen LogP contribution in [0.15, 0.2) is 82.6 Å². The summed E-state index contributed by atoms with van der Waals surface area (Å²) in [5.41, 5.74) is 6.00. The number of para-hydroxylation sites is 2. The van der Waals surface area contributed by atoms with Crippen molar-refractivity contribution in [2.75, 3.05) is 18.5 Å². The number of ether oxygens (including phenoxy) is 1. The molecule has 1 aliphatic heterocycles. The van der Waals surface area contributed by atoms with Gasteiger partial charge in [-0.2, -0.15) is 0 Å². The van der Waals surface area contributed by atoms with E-state index in [4.69, 9.17) is 4.74 Å². The van der Waals surface area contributed by atoms with Crippen LogP contribution in [0.1, 0.15) is 39.2 Å². The highest BCUT2D eigenvalue weighted by atomic mass is 16.6. The lowest BCUT2D eigenvalue weighted by Crippen LogP contribution is -2.34. The lowest BCUT2D eigenvalue weighted by molar-refractivity contribution is 0.0357. The topological polar surface area (TPSA) is 45.1 Å². The fourth-order valence-electron chi connectivity index (χ4n) is 4.17. The lowest BCUT2D eigenvalue weighted by atomic mass is 10.1. The Labute approximate surface area is 190 Å². The summed E-state index contributed by atoms with van der Waals surface area (Å²) in [4.78, 5) is 21.5. The molecule has 4 rings (SSSR count). The summed E-state index contributed by atoms with van der Waals surface area (Å²) in [6.07, 6.45) is 6.46. The van der Waals surface area contributed by atoms with E-state index in [0.717, 1.165) is 48.3 Å². The number of anilines is 1. The molecule has 5 heteroatoms. The van der Waals surface area contributed by atoms with Gasteiger partial charge in [-0.1, -0.05) is 36.4 Å². The summed E-state index contributed by atoms with van der Waals surface area (Å²) in [6.45, 7) is 6.60. The first-order valence-electron chi connectivity index (χ1n) is 11.2. The fraction of sp³-hybridized carbons (Fsp3) is 0.333. The first kappa shape index (κ1) is 21.9. The zero-order chi connectivity index (χ0) is 22.7. The fourth-order valence-corrected chi connectivity index (χ4v) is 4.17. The van der Waals surface area contributed by atoms with Crippen LogP contribution < -0.4 is 4.90 Å². The van der Waals surface area contributed by atoms with Crippen molar-refractivity contribution in [3.8, 4) is 0 Å². The van der Waals surface area contributed by atoms with Gasteiger partial charge in [0.1, 0.15) is 5.60 Å². The van der Waals surface area contributed by atoms with E-state index in [-0.39, 0.29) is 6.09 Å². The van der Waals surface area contributed by atoms with Crippen molar-refractivity contribution >= 4 is 23.7 Å². The molecule has 0 fully saturated rings. The number of benzene rings is 2. The molecule has 0 bridgehead atoms. The quantitative estimate of drug-likeness (QED) is 0.540. The van der Waals surface area contributed by atoms with E-state index in [1.165, 1.54) is 11.3 Å². The third kappa shape index (κ3) is 4.93. The van der Waals surface area contributed by atoms with Crippen LogP contribution in [-0.2, 0) is 11.2 Å². The SMILES string of the molecule is CN(C(=O)OC(C)(C)C)C1=C(C=Nc2ccccc2)CCC1=CN1CCc2ccccc21. The summed E-state index contributed by atoms with van der Waals surface area (Å²) in [5, 5.41) is 0. The number of hydrogen-bond donors (Lipinski definition) is 0. The Morgan fingerprint density at radius 3 is 2.50 bits per heavy atom. The van der Waals surface area contributed by atoms with Gasteiger partial charge in [-0.3, -0.25) is 9.89 Å². The monoisotopic (exact) mass is 429 g/mol. The summed E-state index contributed by atoms with van der Waals surface area (Å²) in [5.74, 6) is 0. The minimum Gasteiger partial charge on any atom is -0.443 e. The maximum Gasteiger partial charge on any atom is 0.414 e. The molecule has 0 N–H and O–H groups in total. The number of allylic oxidation sites excluding steroid dienone is 2. The van der Waals surface area contributed by atoms with E-state index in [1.807, 2.05) is 57.3 Å². The Bertz CT molecular complexity index is 1080. The van der Waals surface area contributed by atoms with Crippen LogP contribution in [0, 0.1) is 0 Å². The van der Waals surface area contributed by atoms with Crippen LogP contribution in [0.25, 0.3) is 0 Å². The lowest BCUT2D eigenvalue weighted by Gasteiger charge is -2.27. The van der Waals surface area contributed by atoms with Crippen molar-refractivity contribution < 1.29 is 9.53 Å². The molecule has 0 radical (unpaired) electrons. The third-order valence-electron chi connectivity index (χ3n) is 5.64. The van der Waals surface area contributed by atoms with Crippen molar-refractivity contribution in [3.63, 3.8) is 0 Å². The molecule has 0 saturated heterocycles. The molecular weight excluding hydrogens is 398 g/mol. The predicted octanol–water partition coefficient (Wildman–Crippen LogP) is 6.25. The van der Waals surface area contributed by atoms with E-state index >= 15 is 0 Å². The molecule has 166 valence electrons. The van der Waals surface area contributed by atoms with E-state index in [0.29, 0.717) is 0 Å². The normalized spacial score (nSPS) is 17.4. The van der Waals surface area contributed by atoms with Crippen LogP contribution >= 0.6 is 0 Å². The second kappa shape index (κ2) is 9.03. The molecule has 1 aliphatic carbocycles. The Balaban J connectivity index is 1.69. The molecule has 0 aromatic heterocycles. The van der Waals surface area contributed by atoms with Crippen molar-refractivity contribution in [1.82, 2.24) is 4.90 Å². The Hall–Kier alpha value is -3.34. The van der Waals surface area contributed by atoms with E-state index < -0.39 is 5.60 Å². The van der Waals surface area contributed by atoms with E-state index in [2.05, 4.69) is 40.4 Å². The molecule has 0 unspecified atom stereocenters. The zero-order valence-corrected chi connectivity index (χ0v) is 19.3. The number of hydrogen-bond acceptors (Lipinski definition) is 4. The molecule has 0 saturated carbocycles. The minimum atomic E-state index is -0.555. The maximum atomic E-state index is 12.9. The standard InChI is InChI=1S/C27H31N3O2/c1-27(2,3)32-26(31)29(4)25-21(18-28-23-11-6-5-7-12-23)14-15-22(25)19-30-17-16-20-10-8-9-13-24(20)30/h5-13,18-19H,14-17H2,1-4H3. The van der Waals surface area contributed by atoms with Crippen LogP contribution in [-0.4, -0.2) is 36.4 Å². The van der Waals surface area contributed by atoms with Gasteiger partial charge in [-0.15, -0.1) is 0 Å². The number of amides is 1. The molecule has 1 heterocycles. The van der Waals surface area contributed by atoms with Crippen LogP contribution in [0.4, 0.5) is 16.2 Å². The molecule has 0 atom stereocenters. The molecule has 2 aromatic carbocycles. The highest BCUT2D eigenvalue weighted by Crippen LogP contribution is 2.36. The zero-order valence-electron chi connectivity index (χ0n) is 19.3. The molecule has 1 amide bonds. The molecule has 5 nitrogen and oxygen atoms in total. The third-order valence-corrected chi connectivity index (χ3v) is 5.64. The number of fused-ring (bicyclic) bond motifs is 1. The van der Waals surface area contributed by atoms with Crippen molar-refractivity contribution in [1.29, 1.82) is 0 Å². The number of aliphatic imine (C=N–C) groups is 1. The number of rotatable bonds is 4. The van der Waals surface area contributed by atoms with Crippen LogP contribution in [0.5, 0.6) is 0 Å². The van der Waals surface area contributed by atoms with Gasteiger partial charge in [-0.25, -0.2) is 4.79 Å². The summed E-state index contributed by atoms with van der Waals surface area (Å²) in [7, 11) is 1.79. The van der Waals surface area contributed by atoms with Gasteiger partial charge in [0.05, 0.1) is 11.4 Å². The number of carbonyl (C=O) groups is 1. The summed E-state index contributed by atoms with van der Waals surface area (Å²) >= 11 is 0. The smallest absolute Gasteiger partial charge is 0.414 e. The second-order valence-electron chi connectivity index (χ2n) is 9.23. The maximum absolute atomic E-state index is 12.9. The molecular formula is C27H31N3O2. The highest BCUT2D eigenvalue weighted by molar-refractivity contribution is 5.86. The largest absolute Gasteiger partial charge is 0.443 e. The predicted molar refractivity (Wildman–Crippen MR) is 130 cm³/mol. The van der Waals surface area contributed by atoms with Gasteiger partial charge in [0, 0.05) is 31.7 Å². The molecule has 2 aliphatic rings.